The minimum absolute atomic E-state index is 0.0350. The van der Waals surface area contributed by atoms with Crippen LogP contribution < -0.4 is 5.32 Å². The van der Waals surface area contributed by atoms with Crippen molar-refractivity contribution >= 4 is 5.91 Å². The molecule has 0 spiro atoms. The van der Waals surface area contributed by atoms with E-state index < -0.39 is 12.1 Å². The van der Waals surface area contributed by atoms with Crippen LogP contribution in [0.3, 0.4) is 0 Å². The highest BCUT2D eigenvalue weighted by atomic mass is 16.3. The zero-order chi connectivity index (χ0) is 28.7. The molecular weight excluding hydrogens is 482 g/mol. The highest BCUT2D eigenvalue weighted by Crippen LogP contribution is 2.16. The van der Waals surface area contributed by atoms with E-state index in [9.17, 15) is 15.0 Å². The second-order valence-corrected chi connectivity index (χ2v) is 12.3. The van der Waals surface area contributed by atoms with E-state index in [4.69, 9.17) is 0 Å². The first-order valence-corrected chi connectivity index (χ1v) is 17.7. The molecule has 0 heterocycles. The summed E-state index contributed by atoms with van der Waals surface area (Å²) in [6.45, 7) is 4.33. The summed E-state index contributed by atoms with van der Waals surface area (Å²) in [5.41, 5.74) is 0. The third kappa shape index (κ3) is 28.7. The van der Waals surface area contributed by atoms with Crippen LogP contribution in [0.4, 0.5) is 0 Å². The maximum absolute atomic E-state index is 12.2. The van der Waals surface area contributed by atoms with Crippen LogP contribution in [0.25, 0.3) is 0 Å². The number of aliphatic hydroxyl groups excluding tert-OH is 2. The summed E-state index contributed by atoms with van der Waals surface area (Å²) in [5.74, 6) is -0.0350. The van der Waals surface area contributed by atoms with Crippen LogP contribution >= 0.6 is 0 Å². The predicted octanol–water partition coefficient (Wildman–Crippen LogP) is 10.2. The standard InChI is InChI=1S/C35H71NO3/c1-3-5-7-9-11-13-14-15-16-17-18-19-20-21-22-23-24-26-28-30-34(38)33(32-37)36-35(39)31-29-27-25-12-10-8-6-4-2/h33-34,37-38H,3-32H2,1-2H3,(H,36,39). The molecule has 3 N–H and O–H groups in total. The van der Waals surface area contributed by atoms with Crippen molar-refractivity contribution in [1.82, 2.24) is 5.32 Å². The fraction of sp³-hybridized carbons (Fsp3) is 0.971. The average Bonchev–Trinajstić information content (AvgIpc) is 2.94. The van der Waals surface area contributed by atoms with E-state index in [2.05, 4.69) is 19.2 Å². The average molecular weight is 554 g/mol. The van der Waals surface area contributed by atoms with Gasteiger partial charge < -0.3 is 15.5 Å². The Hall–Kier alpha value is -0.610. The number of unbranched alkanes of at least 4 members (excludes halogenated alkanes) is 25. The smallest absolute Gasteiger partial charge is 0.220 e. The molecule has 1 amide bonds. The molecule has 2 atom stereocenters. The van der Waals surface area contributed by atoms with Crippen molar-refractivity contribution in [3.05, 3.63) is 0 Å². The number of carbonyl (C=O) groups is 1. The van der Waals surface area contributed by atoms with E-state index in [1.165, 1.54) is 148 Å². The van der Waals surface area contributed by atoms with Gasteiger partial charge in [0.1, 0.15) is 0 Å². The molecule has 0 aliphatic heterocycles. The fourth-order valence-electron chi connectivity index (χ4n) is 5.59. The monoisotopic (exact) mass is 554 g/mol. The Bertz CT molecular complexity index is 485. The summed E-state index contributed by atoms with van der Waals surface area (Å²) in [7, 11) is 0. The van der Waals surface area contributed by atoms with Gasteiger partial charge in [-0.2, -0.15) is 0 Å². The van der Waals surface area contributed by atoms with Crippen LogP contribution in [0, 0.1) is 0 Å². The van der Waals surface area contributed by atoms with E-state index in [1.807, 2.05) is 0 Å². The molecule has 0 aromatic carbocycles. The minimum Gasteiger partial charge on any atom is -0.394 e. The molecular formula is C35H71NO3. The number of hydrogen-bond donors (Lipinski definition) is 3. The van der Waals surface area contributed by atoms with Crippen molar-refractivity contribution in [2.24, 2.45) is 0 Å². The SMILES string of the molecule is CCCCCCCCCCCCCCCCCCCCCC(O)C(CO)NC(=O)CCCCCCCCCC. The lowest BCUT2D eigenvalue weighted by atomic mass is 10.0. The largest absolute Gasteiger partial charge is 0.394 e. The van der Waals surface area contributed by atoms with Gasteiger partial charge in [-0.3, -0.25) is 4.79 Å². The van der Waals surface area contributed by atoms with Crippen molar-refractivity contribution in [1.29, 1.82) is 0 Å². The van der Waals surface area contributed by atoms with Gasteiger partial charge >= 0.3 is 0 Å². The first-order chi connectivity index (χ1) is 19.2. The van der Waals surface area contributed by atoms with Crippen molar-refractivity contribution < 1.29 is 15.0 Å². The second kappa shape index (κ2) is 31.9. The van der Waals surface area contributed by atoms with Gasteiger partial charge in [-0.1, -0.05) is 181 Å². The third-order valence-corrected chi connectivity index (χ3v) is 8.37. The summed E-state index contributed by atoms with van der Waals surface area (Å²) < 4.78 is 0. The molecule has 2 unspecified atom stereocenters. The molecule has 0 aliphatic carbocycles. The van der Waals surface area contributed by atoms with E-state index in [0.29, 0.717) is 12.8 Å². The lowest BCUT2D eigenvalue weighted by Crippen LogP contribution is -2.45. The maximum atomic E-state index is 12.2. The zero-order valence-electron chi connectivity index (χ0n) is 26.7. The Morgan fingerprint density at radius 2 is 0.821 bits per heavy atom. The number of nitrogens with one attached hydrogen (secondary N) is 1. The second-order valence-electron chi connectivity index (χ2n) is 12.3. The van der Waals surface area contributed by atoms with Crippen LogP contribution in [0.2, 0.25) is 0 Å². The molecule has 4 nitrogen and oxygen atoms in total. The molecule has 0 saturated heterocycles. The van der Waals surface area contributed by atoms with Crippen LogP contribution in [0.1, 0.15) is 200 Å². The summed E-state index contributed by atoms with van der Waals surface area (Å²) in [6, 6.07) is -0.526. The van der Waals surface area contributed by atoms with Crippen molar-refractivity contribution in [3.8, 4) is 0 Å². The fourth-order valence-corrected chi connectivity index (χ4v) is 5.59. The molecule has 0 rings (SSSR count). The Labute approximate surface area is 244 Å². The molecule has 234 valence electrons. The first kappa shape index (κ1) is 38.4. The molecule has 0 aliphatic rings. The summed E-state index contributed by atoms with van der Waals surface area (Å²) in [4.78, 5) is 12.2. The third-order valence-electron chi connectivity index (χ3n) is 8.37. The molecule has 0 radical (unpaired) electrons. The highest BCUT2D eigenvalue weighted by Gasteiger charge is 2.19. The minimum atomic E-state index is -0.650. The molecule has 0 aromatic heterocycles. The van der Waals surface area contributed by atoms with Gasteiger partial charge in [0, 0.05) is 6.42 Å². The van der Waals surface area contributed by atoms with E-state index >= 15 is 0 Å². The summed E-state index contributed by atoms with van der Waals surface area (Å²) >= 11 is 0. The lowest BCUT2D eigenvalue weighted by Gasteiger charge is -2.22. The van der Waals surface area contributed by atoms with Gasteiger partial charge in [-0.15, -0.1) is 0 Å². The molecule has 4 heteroatoms. The van der Waals surface area contributed by atoms with Gasteiger partial charge in [-0.05, 0) is 12.8 Å². The first-order valence-electron chi connectivity index (χ1n) is 17.7. The van der Waals surface area contributed by atoms with Crippen molar-refractivity contribution in [3.63, 3.8) is 0 Å². The van der Waals surface area contributed by atoms with E-state index in [1.54, 1.807) is 0 Å². The Morgan fingerprint density at radius 1 is 0.513 bits per heavy atom. The molecule has 39 heavy (non-hydrogen) atoms. The number of amides is 1. The van der Waals surface area contributed by atoms with Crippen LogP contribution in [-0.4, -0.2) is 34.9 Å². The molecule has 0 saturated carbocycles. The number of carbonyl (C=O) groups excluding carboxylic acids is 1. The van der Waals surface area contributed by atoms with Gasteiger partial charge in [-0.25, -0.2) is 0 Å². The molecule has 0 aromatic rings. The number of rotatable bonds is 32. The van der Waals surface area contributed by atoms with Crippen LogP contribution in [0.5, 0.6) is 0 Å². The van der Waals surface area contributed by atoms with Crippen molar-refractivity contribution in [2.45, 2.75) is 212 Å². The normalized spacial score (nSPS) is 13.0. The van der Waals surface area contributed by atoms with Gasteiger partial charge in [0.15, 0.2) is 0 Å². The summed E-state index contributed by atoms with van der Waals surface area (Å²) in [6.07, 6.45) is 35.9. The lowest BCUT2D eigenvalue weighted by molar-refractivity contribution is -0.123. The quantitative estimate of drug-likeness (QED) is 0.0726. The van der Waals surface area contributed by atoms with Crippen LogP contribution in [0.15, 0.2) is 0 Å². The van der Waals surface area contributed by atoms with Gasteiger partial charge in [0.2, 0.25) is 5.91 Å². The Kier molecular flexibility index (Phi) is 31.4. The van der Waals surface area contributed by atoms with E-state index in [0.717, 1.165) is 25.7 Å². The Morgan fingerprint density at radius 3 is 1.15 bits per heavy atom. The van der Waals surface area contributed by atoms with Crippen molar-refractivity contribution in [2.75, 3.05) is 6.61 Å². The van der Waals surface area contributed by atoms with Gasteiger partial charge in [0.05, 0.1) is 18.8 Å². The van der Waals surface area contributed by atoms with Gasteiger partial charge in [0.25, 0.3) is 0 Å². The molecule has 0 bridgehead atoms. The topological polar surface area (TPSA) is 69.6 Å². The predicted molar refractivity (Wildman–Crippen MR) is 170 cm³/mol. The highest BCUT2D eigenvalue weighted by molar-refractivity contribution is 5.76. The molecule has 0 fully saturated rings. The number of hydrogen-bond acceptors (Lipinski definition) is 3. The number of aliphatic hydroxyl groups is 2. The Balaban J connectivity index is 3.47. The zero-order valence-corrected chi connectivity index (χ0v) is 26.7. The summed E-state index contributed by atoms with van der Waals surface area (Å²) in [5, 5.41) is 22.9. The van der Waals surface area contributed by atoms with E-state index in [-0.39, 0.29) is 12.5 Å². The van der Waals surface area contributed by atoms with Crippen LogP contribution in [-0.2, 0) is 4.79 Å². The maximum Gasteiger partial charge on any atom is 0.220 e.